The smallest absolute Gasteiger partial charge is 0.0939 e. The number of hydrogen-bond acceptors (Lipinski definition) is 3. The molecule has 2 rings (SSSR count). The van der Waals surface area contributed by atoms with Crippen LogP contribution in [-0.2, 0) is 0 Å². The van der Waals surface area contributed by atoms with Gasteiger partial charge in [0.05, 0.1) is 16.8 Å². The molecule has 0 aliphatic carbocycles. The number of para-hydroxylation sites is 1. The van der Waals surface area contributed by atoms with E-state index in [2.05, 4.69) is 18.2 Å². The molecule has 13 heavy (non-hydrogen) atoms. The van der Waals surface area contributed by atoms with Crippen LogP contribution in [0.5, 0.6) is 0 Å². The number of nitrogens with zero attached hydrogens (tertiary/aromatic N) is 2. The van der Waals surface area contributed by atoms with Crippen molar-refractivity contribution in [2.45, 2.75) is 4.90 Å². The van der Waals surface area contributed by atoms with E-state index in [9.17, 15) is 0 Å². The van der Waals surface area contributed by atoms with E-state index in [4.69, 9.17) is 5.26 Å². The molecule has 0 saturated heterocycles. The molecule has 3 heteroatoms. The quantitative estimate of drug-likeness (QED) is 0.585. The monoisotopic (exact) mass is 188 g/mol. The SMILES string of the molecule is CN1/C(=C\C#N)Sc2ccccc21. The van der Waals surface area contributed by atoms with Crippen LogP contribution < -0.4 is 4.90 Å². The summed E-state index contributed by atoms with van der Waals surface area (Å²) in [5, 5.41) is 9.55. The van der Waals surface area contributed by atoms with Crippen LogP contribution in [0.1, 0.15) is 0 Å². The van der Waals surface area contributed by atoms with Crippen molar-refractivity contribution >= 4 is 17.4 Å². The number of hydrogen-bond donors (Lipinski definition) is 0. The summed E-state index contributed by atoms with van der Waals surface area (Å²) in [6.45, 7) is 0. The first-order chi connectivity index (χ1) is 6.33. The van der Waals surface area contributed by atoms with Crippen LogP contribution in [0.2, 0.25) is 0 Å². The first-order valence-electron chi connectivity index (χ1n) is 3.93. The van der Waals surface area contributed by atoms with Crippen LogP contribution in [0.4, 0.5) is 5.69 Å². The number of anilines is 1. The zero-order valence-corrected chi connectivity index (χ0v) is 8.01. The first-order valence-corrected chi connectivity index (χ1v) is 4.75. The van der Waals surface area contributed by atoms with Crippen LogP contribution in [0.15, 0.2) is 40.3 Å². The van der Waals surface area contributed by atoms with Gasteiger partial charge in [-0.2, -0.15) is 5.26 Å². The number of rotatable bonds is 0. The maximum absolute atomic E-state index is 8.56. The summed E-state index contributed by atoms with van der Waals surface area (Å²) in [7, 11) is 1.97. The Morgan fingerprint density at radius 2 is 2.23 bits per heavy atom. The molecular weight excluding hydrogens is 180 g/mol. The van der Waals surface area contributed by atoms with Crippen molar-refractivity contribution < 1.29 is 0 Å². The lowest BCUT2D eigenvalue weighted by atomic mass is 10.3. The number of thioether (sulfide) groups is 1. The summed E-state index contributed by atoms with van der Waals surface area (Å²) in [5.74, 6) is 0. The van der Waals surface area contributed by atoms with Crippen molar-refractivity contribution in [1.29, 1.82) is 5.26 Å². The molecule has 0 unspecified atom stereocenters. The fourth-order valence-electron chi connectivity index (χ4n) is 1.30. The molecule has 64 valence electrons. The van der Waals surface area contributed by atoms with E-state index in [-0.39, 0.29) is 0 Å². The van der Waals surface area contributed by atoms with Crippen LogP contribution >= 0.6 is 11.8 Å². The Balaban J connectivity index is 2.45. The number of nitriles is 1. The Morgan fingerprint density at radius 1 is 1.46 bits per heavy atom. The van der Waals surface area contributed by atoms with Gasteiger partial charge in [-0.25, -0.2) is 0 Å². The third kappa shape index (κ3) is 1.30. The van der Waals surface area contributed by atoms with Gasteiger partial charge in [0.25, 0.3) is 0 Å². The Labute approximate surface area is 81.5 Å². The second-order valence-electron chi connectivity index (χ2n) is 2.74. The third-order valence-electron chi connectivity index (χ3n) is 1.96. The summed E-state index contributed by atoms with van der Waals surface area (Å²) < 4.78 is 0. The van der Waals surface area contributed by atoms with E-state index in [1.165, 1.54) is 10.6 Å². The normalized spacial score (nSPS) is 17.2. The predicted molar refractivity (Wildman–Crippen MR) is 54.4 cm³/mol. The topological polar surface area (TPSA) is 27.0 Å². The standard InChI is InChI=1S/C10H8N2S/c1-12-8-4-2-3-5-9(8)13-10(12)6-7-11/h2-6H,1H3/b10-6+. The van der Waals surface area contributed by atoms with Crippen LogP contribution in [-0.4, -0.2) is 7.05 Å². The maximum Gasteiger partial charge on any atom is 0.0939 e. The van der Waals surface area contributed by atoms with E-state index in [0.29, 0.717) is 0 Å². The van der Waals surface area contributed by atoms with Crippen molar-refractivity contribution in [3.8, 4) is 6.07 Å². The molecule has 1 aromatic carbocycles. The molecule has 0 aromatic heterocycles. The molecule has 0 radical (unpaired) electrons. The van der Waals surface area contributed by atoms with Gasteiger partial charge in [0.1, 0.15) is 0 Å². The number of benzene rings is 1. The van der Waals surface area contributed by atoms with Gasteiger partial charge in [0.2, 0.25) is 0 Å². The van der Waals surface area contributed by atoms with Crippen LogP contribution in [0.3, 0.4) is 0 Å². The summed E-state index contributed by atoms with van der Waals surface area (Å²) in [5.41, 5.74) is 1.18. The van der Waals surface area contributed by atoms with Crippen molar-refractivity contribution in [3.63, 3.8) is 0 Å². The maximum atomic E-state index is 8.56. The Bertz CT molecular complexity index is 404. The predicted octanol–water partition coefficient (Wildman–Crippen LogP) is 2.59. The Kier molecular flexibility index (Phi) is 1.99. The Hall–Kier alpha value is -1.40. The molecule has 0 N–H and O–H groups in total. The van der Waals surface area contributed by atoms with E-state index in [1.54, 1.807) is 17.8 Å². The summed E-state index contributed by atoms with van der Waals surface area (Å²) in [4.78, 5) is 3.25. The second kappa shape index (κ2) is 3.15. The van der Waals surface area contributed by atoms with E-state index in [1.807, 2.05) is 24.1 Å². The highest BCUT2D eigenvalue weighted by Crippen LogP contribution is 2.44. The lowest BCUT2D eigenvalue weighted by Gasteiger charge is -2.11. The van der Waals surface area contributed by atoms with Crippen molar-refractivity contribution in [2.75, 3.05) is 11.9 Å². The van der Waals surface area contributed by atoms with Gasteiger partial charge in [-0.15, -0.1) is 0 Å². The zero-order chi connectivity index (χ0) is 9.26. The lowest BCUT2D eigenvalue weighted by Crippen LogP contribution is -2.08. The highest BCUT2D eigenvalue weighted by Gasteiger charge is 2.20. The van der Waals surface area contributed by atoms with Crippen LogP contribution in [0.25, 0.3) is 0 Å². The largest absolute Gasteiger partial charge is 0.338 e. The second-order valence-corrected chi connectivity index (χ2v) is 3.80. The van der Waals surface area contributed by atoms with Crippen molar-refractivity contribution in [2.24, 2.45) is 0 Å². The van der Waals surface area contributed by atoms with Crippen LogP contribution in [0, 0.1) is 11.3 Å². The van der Waals surface area contributed by atoms with E-state index in [0.717, 1.165) is 5.03 Å². The van der Waals surface area contributed by atoms with Gasteiger partial charge in [-0.3, -0.25) is 0 Å². The molecule has 0 atom stereocenters. The summed E-state index contributed by atoms with van der Waals surface area (Å²) in [6, 6.07) is 10.2. The van der Waals surface area contributed by atoms with Crippen molar-refractivity contribution in [3.05, 3.63) is 35.4 Å². The molecular formula is C10H8N2S. The van der Waals surface area contributed by atoms with E-state index >= 15 is 0 Å². The van der Waals surface area contributed by atoms with Gasteiger partial charge < -0.3 is 4.90 Å². The molecule has 2 nitrogen and oxygen atoms in total. The summed E-state index contributed by atoms with van der Waals surface area (Å²) in [6.07, 6.45) is 1.57. The molecule has 0 amide bonds. The zero-order valence-electron chi connectivity index (χ0n) is 7.19. The minimum atomic E-state index is 0.990. The fraction of sp³-hybridized carbons (Fsp3) is 0.100. The molecule has 1 aliphatic rings. The number of fused-ring (bicyclic) bond motifs is 1. The molecule has 0 fully saturated rings. The first kappa shape index (κ1) is 8.21. The van der Waals surface area contributed by atoms with Gasteiger partial charge in [0.15, 0.2) is 0 Å². The minimum absolute atomic E-state index is 0.990. The average Bonchev–Trinajstić information content (AvgIpc) is 2.46. The highest BCUT2D eigenvalue weighted by atomic mass is 32.2. The Morgan fingerprint density at radius 3 is 2.92 bits per heavy atom. The van der Waals surface area contributed by atoms with Gasteiger partial charge >= 0.3 is 0 Å². The summed E-state index contributed by atoms with van der Waals surface area (Å²) >= 11 is 1.63. The molecule has 0 saturated carbocycles. The van der Waals surface area contributed by atoms with Crippen molar-refractivity contribution in [1.82, 2.24) is 0 Å². The number of allylic oxidation sites excluding steroid dienone is 1. The molecule has 0 spiro atoms. The minimum Gasteiger partial charge on any atom is -0.338 e. The average molecular weight is 188 g/mol. The van der Waals surface area contributed by atoms with Gasteiger partial charge in [0, 0.05) is 18.0 Å². The molecule has 0 bridgehead atoms. The third-order valence-corrected chi connectivity index (χ3v) is 3.13. The van der Waals surface area contributed by atoms with Gasteiger partial charge in [-0.05, 0) is 12.1 Å². The fourth-order valence-corrected chi connectivity index (χ4v) is 2.33. The van der Waals surface area contributed by atoms with Gasteiger partial charge in [-0.1, -0.05) is 23.9 Å². The molecule has 1 aliphatic heterocycles. The highest BCUT2D eigenvalue weighted by molar-refractivity contribution is 8.03. The van der Waals surface area contributed by atoms with E-state index < -0.39 is 0 Å². The molecule has 1 heterocycles. The molecule has 1 aromatic rings. The lowest BCUT2D eigenvalue weighted by molar-refractivity contribution is 1.17.